The molecule has 7 N–H and O–H groups in total. The SMILES string of the molecule is CC(C)C[C@@H](C(=O)C[C@@H](CCC(=O)O)C(=O)O)N(C)Cc1ccc(C(=O)Oc2ccc(C(=N)N)cc2)s1.O=C(O)C(F)(F)F.O=C(O)C(F)(F)F. The Labute approximate surface area is 289 Å². The van der Waals surface area contributed by atoms with Gasteiger partial charge in [-0.1, -0.05) is 13.8 Å². The zero-order chi connectivity index (χ0) is 39.9. The van der Waals surface area contributed by atoms with Crippen LogP contribution in [0.15, 0.2) is 36.4 Å². The number of carboxylic acid groups (broad SMARTS) is 4. The second-order valence-electron chi connectivity index (χ2n) is 10.9. The molecule has 284 valence electrons. The van der Waals surface area contributed by atoms with Gasteiger partial charge in [-0.15, -0.1) is 11.3 Å². The molecule has 0 saturated heterocycles. The van der Waals surface area contributed by atoms with E-state index in [-0.39, 0.29) is 36.8 Å². The maximum Gasteiger partial charge on any atom is 0.490 e. The number of hydrogen-bond donors (Lipinski definition) is 6. The highest BCUT2D eigenvalue weighted by Crippen LogP contribution is 2.25. The molecule has 1 aromatic heterocycles. The van der Waals surface area contributed by atoms with Crippen LogP contribution in [-0.4, -0.2) is 92.2 Å². The molecule has 0 aliphatic rings. The predicted molar refractivity (Wildman–Crippen MR) is 166 cm³/mol. The Bertz CT molecular complexity index is 1500. The molecular formula is C30H35F6N3O11S. The topological polar surface area (TPSA) is 246 Å². The van der Waals surface area contributed by atoms with Gasteiger partial charge >= 0.3 is 42.2 Å². The summed E-state index contributed by atoms with van der Waals surface area (Å²) in [6.45, 7) is 4.30. The van der Waals surface area contributed by atoms with Crippen LogP contribution in [0.25, 0.3) is 0 Å². The Morgan fingerprint density at radius 1 is 0.882 bits per heavy atom. The zero-order valence-electron chi connectivity index (χ0n) is 27.1. The van der Waals surface area contributed by atoms with Crippen molar-refractivity contribution in [3.63, 3.8) is 0 Å². The average Bonchev–Trinajstić information content (AvgIpc) is 3.46. The number of nitrogens with zero attached hydrogens (tertiary/aromatic N) is 1. The van der Waals surface area contributed by atoms with Gasteiger partial charge in [0.05, 0.1) is 12.0 Å². The lowest BCUT2D eigenvalue weighted by molar-refractivity contribution is -0.193. The van der Waals surface area contributed by atoms with Crippen LogP contribution in [0.3, 0.4) is 0 Å². The largest absolute Gasteiger partial charge is 0.490 e. The number of benzene rings is 1. The van der Waals surface area contributed by atoms with Gasteiger partial charge in [-0.05, 0) is 62.2 Å². The third-order valence-corrected chi connectivity index (χ3v) is 7.28. The first-order valence-electron chi connectivity index (χ1n) is 14.3. The van der Waals surface area contributed by atoms with Crippen molar-refractivity contribution in [3.05, 3.63) is 51.7 Å². The van der Waals surface area contributed by atoms with Crippen LogP contribution in [0, 0.1) is 17.2 Å². The Morgan fingerprint density at radius 3 is 1.76 bits per heavy atom. The van der Waals surface area contributed by atoms with E-state index in [1.165, 1.54) is 11.3 Å². The van der Waals surface area contributed by atoms with Gasteiger partial charge < -0.3 is 30.9 Å². The second kappa shape index (κ2) is 20.6. The molecular weight excluding hydrogens is 724 g/mol. The van der Waals surface area contributed by atoms with Crippen LogP contribution in [0.1, 0.15) is 59.6 Å². The maximum atomic E-state index is 13.1. The zero-order valence-corrected chi connectivity index (χ0v) is 27.9. The Kier molecular flexibility index (Phi) is 18.5. The van der Waals surface area contributed by atoms with E-state index in [1.807, 2.05) is 18.7 Å². The Balaban J connectivity index is 0.00000149. The number of amidine groups is 1. The predicted octanol–water partition coefficient (Wildman–Crippen LogP) is 4.89. The summed E-state index contributed by atoms with van der Waals surface area (Å²) >= 11 is 1.23. The molecule has 0 bridgehead atoms. The first-order valence-corrected chi connectivity index (χ1v) is 15.1. The molecule has 1 aromatic carbocycles. The minimum atomic E-state index is -5.08. The summed E-state index contributed by atoms with van der Waals surface area (Å²) in [6, 6.07) is 9.15. The molecule has 0 aliphatic carbocycles. The average molecular weight is 760 g/mol. The monoisotopic (exact) mass is 759 g/mol. The number of nitrogens with one attached hydrogen (secondary N) is 1. The van der Waals surface area contributed by atoms with Crippen molar-refractivity contribution in [2.24, 2.45) is 17.6 Å². The summed E-state index contributed by atoms with van der Waals surface area (Å²) < 4.78 is 68.9. The number of carbonyl (C=O) groups is 6. The third-order valence-electron chi connectivity index (χ3n) is 6.23. The van der Waals surface area contributed by atoms with Crippen LogP contribution in [-0.2, 0) is 30.5 Å². The van der Waals surface area contributed by atoms with Crippen molar-refractivity contribution in [2.75, 3.05) is 7.05 Å². The van der Waals surface area contributed by atoms with Crippen LogP contribution < -0.4 is 10.5 Å². The summed E-state index contributed by atoms with van der Waals surface area (Å²) in [5, 5.41) is 40.0. The molecule has 2 atom stereocenters. The van der Waals surface area contributed by atoms with Crippen molar-refractivity contribution >= 4 is 52.8 Å². The van der Waals surface area contributed by atoms with Gasteiger partial charge in [-0.3, -0.25) is 24.7 Å². The number of esters is 1. The standard InChI is InChI=1S/C26H33N3O7S.2C2HF3O2/c1-15(2)12-20(21(30)13-17(25(33)34)6-11-23(31)32)29(3)14-19-9-10-22(37-19)26(35)36-18-7-4-16(5-8-18)24(27)28;2*3-2(4,5)1(6)7/h4-5,7-10,15,17,20H,6,11-14H2,1-3H3,(H3,27,28)(H,31,32)(H,33,34);2*(H,6,7)/t17-,20+;;/m1../s1. The van der Waals surface area contributed by atoms with E-state index < -0.39 is 54.2 Å². The van der Waals surface area contributed by atoms with Gasteiger partial charge in [-0.25, -0.2) is 14.4 Å². The number of Topliss-reactive ketones (excluding diaryl/α,β-unsaturated/α-hetero) is 1. The number of ketones is 1. The van der Waals surface area contributed by atoms with Crippen molar-refractivity contribution in [3.8, 4) is 5.75 Å². The van der Waals surface area contributed by atoms with E-state index >= 15 is 0 Å². The molecule has 14 nitrogen and oxygen atoms in total. The number of carboxylic acids is 4. The summed E-state index contributed by atoms with van der Waals surface area (Å²) in [6.07, 6.45) is -10.3. The molecule has 0 aliphatic heterocycles. The van der Waals surface area contributed by atoms with Crippen LogP contribution in [0.2, 0.25) is 0 Å². The minimum absolute atomic E-state index is 0.0853. The van der Waals surface area contributed by atoms with E-state index in [1.54, 1.807) is 43.4 Å². The fourth-order valence-electron chi connectivity index (χ4n) is 3.78. The molecule has 0 saturated carbocycles. The molecule has 0 radical (unpaired) electrons. The summed E-state index contributed by atoms with van der Waals surface area (Å²) in [5.41, 5.74) is 5.95. The van der Waals surface area contributed by atoms with Crippen molar-refractivity contribution in [1.82, 2.24) is 4.90 Å². The molecule has 0 unspecified atom stereocenters. The highest BCUT2D eigenvalue weighted by Gasteiger charge is 2.39. The molecule has 0 spiro atoms. The number of likely N-dealkylation sites (N-methyl/N-ethyl adjacent to an activating group) is 1. The molecule has 2 rings (SSSR count). The van der Waals surface area contributed by atoms with Gasteiger partial charge in [0, 0.05) is 29.8 Å². The third kappa shape index (κ3) is 18.5. The van der Waals surface area contributed by atoms with Gasteiger partial charge in [-0.2, -0.15) is 26.3 Å². The summed E-state index contributed by atoms with van der Waals surface area (Å²) in [7, 11) is 1.77. The molecule has 21 heteroatoms. The Hall–Kier alpha value is -5.05. The molecule has 1 heterocycles. The quantitative estimate of drug-likeness (QED) is 0.0466. The van der Waals surface area contributed by atoms with Crippen LogP contribution in [0.4, 0.5) is 26.3 Å². The van der Waals surface area contributed by atoms with Crippen LogP contribution in [0.5, 0.6) is 5.75 Å². The number of rotatable bonds is 15. The van der Waals surface area contributed by atoms with Crippen molar-refractivity contribution in [1.29, 1.82) is 5.41 Å². The fraction of sp³-hybridized carbons (Fsp3) is 0.433. The van der Waals surface area contributed by atoms with E-state index in [4.69, 9.17) is 40.8 Å². The molecule has 51 heavy (non-hydrogen) atoms. The number of hydrogen-bond acceptors (Lipinski definition) is 10. The van der Waals surface area contributed by atoms with Gasteiger partial charge in [0.25, 0.3) is 0 Å². The first-order chi connectivity index (χ1) is 23.3. The number of halogens is 6. The lowest BCUT2D eigenvalue weighted by Gasteiger charge is -2.29. The van der Waals surface area contributed by atoms with E-state index in [0.717, 1.165) is 4.88 Å². The number of alkyl halides is 6. The minimum Gasteiger partial charge on any atom is -0.481 e. The first kappa shape index (κ1) is 45.9. The van der Waals surface area contributed by atoms with Crippen molar-refractivity contribution in [2.45, 2.75) is 64.5 Å². The second-order valence-corrected chi connectivity index (χ2v) is 12.1. The van der Waals surface area contributed by atoms with E-state index in [9.17, 15) is 50.6 Å². The summed E-state index contributed by atoms with van der Waals surface area (Å²) in [5.74, 6) is -9.24. The highest BCUT2D eigenvalue weighted by atomic mass is 32.1. The maximum absolute atomic E-state index is 13.1. The van der Waals surface area contributed by atoms with Crippen molar-refractivity contribution < 1.29 is 80.3 Å². The van der Waals surface area contributed by atoms with E-state index in [0.29, 0.717) is 29.2 Å². The molecule has 0 fully saturated rings. The lowest BCUT2D eigenvalue weighted by atomic mass is 9.90. The smallest absolute Gasteiger partial charge is 0.481 e. The molecule has 2 aromatic rings. The van der Waals surface area contributed by atoms with Crippen LogP contribution >= 0.6 is 11.3 Å². The number of carbonyl (C=O) groups excluding carboxylic acids is 2. The number of nitrogen functional groups attached to an aromatic ring is 1. The molecule has 0 amide bonds. The number of aliphatic carboxylic acids is 4. The van der Waals surface area contributed by atoms with Gasteiger partial charge in [0.1, 0.15) is 16.5 Å². The van der Waals surface area contributed by atoms with Gasteiger partial charge in [0.2, 0.25) is 0 Å². The summed E-state index contributed by atoms with van der Waals surface area (Å²) in [4.78, 5) is 69.0. The highest BCUT2D eigenvalue weighted by molar-refractivity contribution is 7.13. The van der Waals surface area contributed by atoms with Gasteiger partial charge in [0.15, 0.2) is 5.78 Å². The normalized spacial score (nSPS) is 12.4. The number of ether oxygens (including phenoxy) is 1. The number of thiophene rings is 1. The Morgan fingerprint density at radius 2 is 1.37 bits per heavy atom. The van der Waals surface area contributed by atoms with E-state index in [2.05, 4.69) is 0 Å². The number of nitrogens with two attached hydrogens (primary N) is 1. The lowest BCUT2D eigenvalue weighted by Crippen LogP contribution is -2.40. The fourth-order valence-corrected chi connectivity index (χ4v) is 4.73.